The monoisotopic (exact) mass is 481 g/mol. The molecule has 0 unspecified atom stereocenters. The van der Waals surface area contributed by atoms with Crippen LogP contribution in [0.15, 0.2) is 4.99 Å². The number of guanidine groups is 1. The zero-order chi connectivity index (χ0) is 18.3. The number of likely N-dealkylation sites (N-methyl/N-ethyl adjacent to an activating group) is 1. The van der Waals surface area contributed by atoms with E-state index in [1.165, 1.54) is 6.54 Å². The number of halogens is 1. The lowest BCUT2D eigenvalue weighted by Crippen LogP contribution is -2.54. The fourth-order valence-corrected chi connectivity index (χ4v) is 3.80. The summed E-state index contributed by atoms with van der Waals surface area (Å²) in [6.07, 6.45) is 2.12. The fourth-order valence-electron chi connectivity index (χ4n) is 3.80. The van der Waals surface area contributed by atoms with E-state index >= 15 is 0 Å². The van der Waals surface area contributed by atoms with Gasteiger partial charge in [-0.3, -0.25) is 9.89 Å². The lowest BCUT2D eigenvalue weighted by atomic mass is 9.89. The number of aliphatic imine (C=N–C) groups is 1. The minimum atomic E-state index is 0. The van der Waals surface area contributed by atoms with Crippen LogP contribution in [0.2, 0.25) is 0 Å². The maximum absolute atomic E-state index is 5.58. The highest BCUT2D eigenvalue weighted by atomic mass is 127. The minimum absolute atomic E-state index is 0. The molecule has 0 atom stereocenters. The average molecular weight is 481 g/mol. The first-order valence-electron chi connectivity index (χ1n) is 9.97. The second kappa shape index (κ2) is 11.7. The molecule has 1 N–H and O–H groups in total. The van der Waals surface area contributed by atoms with E-state index < -0.39 is 0 Å². The second-order valence-corrected chi connectivity index (χ2v) is 8.08. The zero-order valence-electron chi connectivity index (χ0n) is 17.5. The summed E-state index contributed by atoms with van der Waals surface area (Å²) in [5.74, 6) is 1.82. The number of ether oxygens (including phenoxy) is 1. The number of piperazine rings is 1. The highest BCUT2D eigenvalue weighted by molar-refractivity contribution is 14.0. The Hall–Kier alpha value is -0.120. The van der Waals surface area contributed by atoms with Gasteiger partial charge in [0.25, 0.3) is 0 Å². The van der Waals surface area contributed by atoms with Crippen molar-refractivity contribution in [3.63, 3.8) is 0 Å². The van der Waals surface area contributed by atoms with Crippen molar-refractivity contribution in [2.45, 2.75) is 39.2 Å². The Bertz CT molecular complexity index is 416. The van der Waals surface area contributed by atoms with Crippen molar-refractivity contribution in [2.24, 2.45) is 10.9 Å². The van der Waals surface area contributed by atoms with Gasteiger partial charge in [0.1, 0.15) is 0 Å². The molecule has 0 bridgehead atoms. The quantitative estimate of drug-likeness (QED) is 0.357. The van der Waals surface area contributed by atoms with Crippen LogP contribution >= 0.6 is 24.0 Å². The SMILES string of the molecule is CCNC(=NCC1(N(C)C)CCOCC1)N1CCN(CC(C)C)CC1.I. The van der Waals surface area contributed by atoms with Crippen LogP contribution in [0.25, 0.3) is 0 Å². The molecule has 0 radical (unpaired) electrons. The van der Waals surface area contributed by atoms with Gasteiger partial charge in [0.05, 0.1) is 6.54 Å². The van der Waals surface area contributed by atoms with Gasteiger partial charge in [-0.25, -0.2) is 0 Å². The smallest absolute Gasteiger partial charge is 0.194 e. The Labute approximate surface area is 177 Å². The van der Waals surface area contributed by atoms with Crippen molar-refractivity contribution >= 4 is 29.9 Å². The van der Waals surface area contributed by atoms with E-state index in [-0.39, 0.29) is 29.5 Å². The molecule has 2 aliphatic rings. The fraction of sp³-hybridized carbons (Fsp3) is 0.947. The molecule has 2 heterocycles. The molecule has 2 aliphatic heterocycles. The van der Waals surface area contributed by atoms with Crippen molar-refractivity contribution in [2.75, 3.05) is 73.1 Å². The number of hydrogen-bond donors (Lipinski definition) is 1. The maximum Gasteiger partial charge on any atom is 0.194 e. The summed E-state index contributed by atoms with van der Waals surface area (Å²) in [7, 11) is 4.36. The number of nitrogens with one attached hydrogen (secondary N) is 1. The summed E-state index contributed by atoms with van der Waals surface area (Å²) in [5, 5.41) is 3.51. The van der Waals surface area contributed by atoms with Gasteiger partial charge in [0.2, 0.25) is 0 Å². The van der Waals surface area contributed by atoms with Crippen LogP contribution in [0, 0.1) is 5.92 Å². The van der Waals surface area contributed by atoms with Crippen molar-refractivity contribution in [3.8, 4) is 0 Å². The first-order valence-corrected chi connectivity index (χ1v) is 9.97. The van der Waals surface area contributed by atoms with Gasteiger partial charge in [-0.15, -0.1) is 24.0 Å². The third-order valence-electron chi connectivity index (χ3n) is 5.53. The molecule has 0 amide bonds. The molecule has 154 valence electrons. The average Bonchev–Trinajstić information content (AvgIpc) is 2.59. The standard InChI is InChI=1S/C19H39N5O.HI/c1-6-20-18(24-11-9-23(10-12-24)15-17(2)3)21-16-19(22(4)5)7-13-25-14-8-19;/h17H,6-16H2,1-5H3,(H,20,21);1H. The number of rotatable bonds is 6. The Morgan fingerprint density at radius 3 is 2.27 bits per heavy atom. The van der Waals surface area contributed by atoms with E-state index in [1.54, 1.807) is 0 Å². The van der Waals surface area contributed by atoms with Crippen LogP contribution in [0.3, 0.4) is 0 Å². The highest BCUT2D eigenvalue weighted by Gasteiger charge is 2.35. The van der Waals surface area contributed by atoms with Crippen molar-refractivity contribution in [3.05, 3.63) is 0 Å². The van der Waals surface area contributed by atoms with Crippen molar-refractivity contribution in [1.29, 1.82) is 0 Å². The van der Waals surface area contributed by atoms with E-state index in [1.807, 2.05) is 0 Å². The van der Waals surface area contributed by atoms with E-state index in [2.05, 4.69) is 54.9 Å². The lowest BCUT2D eigenvalue weighted by Gasteiger charge is -2.42. The molecule has 26 heavy (non-hydrogen) atoms. The summed E-state index contributed by atoms with van der Waals surface area (Å²) in [6.45, 7) is 15.8. The normalized spacial score (nSPS) is 21.8. The van der Waals surface area contributed by atoms with Gasteiger partial charge in [0.15, 0.2) is 5.96 Å². The molecule has 0 aromatic rings. The van der Waals surface area contributed by atoms with Crippen LogP contribution in [0.1, 0.15) is 33.6 Å². The molecule has 2 rings (SSSR count). The van der Waals surface area contributed by atoms with Gasteiger partial charge < -0.3 is 19.9 Å². The summed E-state index contributed by atoms with van der Waals surface area (Å²) in [6, 6.07) is 0. The molecular weight excluding hydrogens is 441 g/mol. The van der Waals surface area contributed by atoms with Crippen molar-refractivity contribution in [1.82, 2.24) is 20.0 Å². The molecule has 0 saturated carbocycles. The summed E-state index contributed by atoms with van der Waals surface area (Å²) >= 11 is 0. The zero-order valence-corrected chi connectivity index (χ0v) is 19.8. The first kappa shape index (κ1) is 23.9. The van der Waals surface area contributed by atoms with Gasteiger partial charge in [-0.2, -0.15) is 0 Å². The third kappa shape index (κ3) is 6.80. The van der Waals surface area contributed by atoms with Gasteiger partial charge in [-0.1, -0.05) is 13.8 Å². The van der Waals surface area contributed by atoms with Crippen LogP contribution < -0.4 is 5.32 Å². The van der Waals surface area contributed by atoms with E-state index in [0.29, 0.717) is 0 Å². The van der Waals surface area contributed by atoms with Gasteiger partial charge in [0, 0.05) is 58.0 Å². The second-order valence-electron chi connectivity index (χ2n) is 8.08. The van der Waals surface area contributed by atoms with Crippen LogP contribution in [-0.2, 0) is 4.74 Å². The Balaban J connectivity index is 0.00000338. The molecule has 2 fully saturated rings. The largest absolute Gasteiger partial charge is 0.381 e. The molecule has 0 aromatic heterocycles. The highest BCUT2D eigenvalue weighted by Crippen LogP contribution is 2.26. The number of nitrogens with zero attached hydrogens (tertiary/aromatic N) is 4. The molecule has 0 spiro atoms. The molecule has 6 nitrogen and oxygen atoms in total. The predicted molar refractivity (Wildman–Crippen MR) is 121 cm³/mol. The van der Waals surface area contributed by atoms with Gasteiger partial charge >= 0.3 is 0 Å². The first-order chi connectivity index (χ1) is 12.0. The van der Waals surface area contributed by atoms with E-state index in [0.717, 1.165) is 77.2 Å². The van der Waals surface area contributed by atoms with Crippen LogP contribution in [0.4, 0.5) is 0 Å². The topological polar surface area (TPSA) is 43.3 Å². The maximum atomic E-state index is 5.58. The Kier molecular flexibility index (Phi) is 10.7. The Morgan fingerprint density at radius 1 is 1.15 bits per heavy atom. The molecule has 0 aliphatic carbocycles. The minimum Gasteiger partial charge on any atom is -0.381 e. The van der Waals surface area contributed by atoms with Crippen LogP contribution in [-0.4, -0.2) is 99.3 Å². The molecule has 2 saturated heterocycles. The molecular formula is C19H40IN5O. The number of hydrogen-bond acceptors (Lipinski definition) is 4. The molecule has 0 aromatic carbocycles. The summed E-state index contributed by atoms with van der Waals surface area (Å²) in [5.41, 5.74) is 0.137. The summed E-state index contributed by atoms with van der Waals surface area (Å²) in [4.78, 5) is 12.4. The van der Waals surface area contributed by atoms with E-state index in [9.17, 15) is 0 Å². The predicted octanol–water partition coefficient (Wildman–Crippen LogP) is 1.95. The Morgan fingerprint density at radius 2 is 1.77 bits per heavy atom. The van der Waals surface area contributed by atoms with Crippen LogP contribution in [0.5, 0.6) is 0 Å². The lowest BCUT2D eigenvalue weighted by molar-refractivity contribution is -0.00268. The summed E-state index contributed by atoms with van der Waals surface area (Å²) < 4.78 is 5.58. The van der Waals surface area contributed by atoms with Crippen molar-refractivity contribution < 1.29 is 4.74 Å². The third-order valence-corrected chi connectivity index (χ3v) is 5.53. The molecule has 7 heteroatoms. The van der Waals surface area contributed by atoms with Gasteiger partial charge in [-0.05, 0) is 39.8 Å². The van der Waals surface area contributed by atoms with E-state index in [4.69, 9.17) is 9.73 Å².